The Bertz CT molecular complexity index is 500. The molecule has 2 aromatic heterocycles. The van der Waals surface area contributed by atoms with Crippen molar-refractivity contribution in [1.82, 2.24) is 15.0 Å². The zero-order chi connectivity index (χ0) is 13.0. The van der Waals surface area contributed by atoms with Gasteiger partial charge in [0.25, 0.3) is 0 Å². The standard InChI is InChI=1S/C11H15N5OS/c1-7(2)17-11-9(12)10(15-6-16-11)14-5-8-13-3-4-18-8/h3-4,6-7H,5,12H2,1-2H3,(H,14,15,16). The third-order valence-electron chi connectivity index (χ3n) is 2.09. The summed E-state index contributed by atoms with van der Waals surface area (Å²) in [6.45, 7) is 4.43. The normalized spacial score (nSPS) is 10.6. The van der Waals surface area contributed by atoms with Crippen molar-refractivity contribution in [3.05, 3.63) is 22.9 Å². The van der Waals surface area contributed by atoms with E-state index in [0.29, 0.717) is 23.9 Å². The van der Waals surface area contributed by atoms with E-state index in [9.17, 15) is 0 Å². The van der Waals surface area contributed by atoms with Gasteiger partial charge in [0.2, 0.25) is 5.88 Å². The van der Waals surface area contributed by atoms with Crippen molar-refractivity contribution >= 4 is 22.8 Å². The highest BCUT2D eigenvalue weighted by Gasteiger charge is 2.10. The quantitative estimate of drug-likeness (QED) is 0.859. The first-order valence-corrected chi connectivity index (χ1v) is 6.44. The van der Waals surface area contributed by atoms with Crippen LogP contribution in [-0.4, -0.2) is 21.1 Å². The van der Waals surface area contributed by atoms with E-state index in [1.807, 2.05) is 19.2 Å². The SMILES string of the molecule is CC(C)Oc1ncnc(NCc2nccs2)c1N. The van der Waals surface area contributed by atoms with Crippen LogP contribution < -0.4 is 15.8 Å². The van der Waals surface area contributed by atoms with Crippen molar-refractivity contribution in [3.63, 3.8) is 0 Å². The van der Waals surface area contributed by atoms with Gasteiger partial charge in [-0.15, -0.1) is 11.3 Å². The highest BCUT2D eigenvalue weighted by atomic mass is 32.1. The van der Waals surface area contributed by atoms with E-state index in [2.05, 4.69) is 20.3 Å². The number of rotatable bonds is 5. The molecule has 3 N–H and O–H groups in total. The molecular formula is C11H15N5OS. The largest absolute Gasteiger partial charge is 0.473 e. The molecule has 0 unspecified atom stereocenters. The number of aromatic nitrogens is 3. The van der Waals surface area contributed by atoms with Crippen LogP contribution in [0.25, 0.3) is 0 Å². The topological polar surface area (TPSA) is 86.0 Å². The fourth-order valence-electron chi connectivity index (χ4n) is 1.34. The molecule has 0 aliphatic heterocycles. The maximum atomic E-state index is 5.94. The Morgan fingerprint density at radius 2 is 2.22 bits per heavy atom. The van der Waals surface area contributed by atoms with Gasteiger partial charge < -0.3 is 15.8 Å². The fraction of sp³-hybridized carbons (Fsp3) is 0.364. The molecule has 0 amide bonds. The Hall–Kier alpha value is -1.89. The lowest BCUT2D eigenvalue weighted by Crippen LogP contribution is -2.11. The van der Waals surface area contributed by atoms with Crippen LogP contribution in [0, 0.1) is 0 Å². The van der Waals surface area contributed by atoms with E-state index in [1.165, 1.54) is 6.33 Å². The molecule has 2 rings (SSSR count). The summed E-state index contributed by atoms with van der Waals surface area (Å²) in [6.07, 6.45) is 3.21. The van der Waals surface area contributed by atoms with Crippen molar-refractivity contribution in [2.75, 3.05) is 11.1 Å². The lowest BCUT2D eigenvalue weighted by atomic mass is 10.4. The molecule has 0 aromatic carbocycles. The Morgan fingerprint density at radius 3 is 2.89 bits per heavy atom. The van der Waals surface area contributed by atoms with Gasteiger partial charge in [-0.05, 0) is 13.8 Å². The molecule has 0 saturated carbocycles. The monoisotopic (exact) mass is 265 g/mol. The van der Waals surface area contributed by atoms with Crippen molar-refractivity contribution in [3.8, 4) is 5.88 Å². The van der Waals surface area contributed by atoms with Gasteiger partial charge in [-0.2, -0.15) is 4.98 Å². The Labute approximate surface area is 109 Å². The summed E-state index contributed by atoms with van der Waals surface area (Å²) in [6, 6.07) is 0. The molecule has 2 heterocycles. The molecular weight excluding hydrogens is 250 g/mol. The number of thiazole rings is 1. The molecule has 0 aliphatic carbocycles. The van der Waals surface area contributed by atoms with Gasteiger partial charge in [0, 0.05) is 11.6 Å². The van der Waals surface area contributed by atoms with E-state index < -0.39 is 0 Å². The van der Waals surface area contributed by atoms with E-state index in [4.69, 9.17) is 10.5 Å². The Morgan fingerprint density at radius 1 is 1.39 bits per heavy atom. The number of hydrogen-bond acceptors (Lipinski definition) is 7. The van der Waals surface area contributed by atoms with Crippen LogP contribution in [0.3, 0.4) is 0 Å². The van der Waals surface area contributed by atoms with Crippen molar-refractivity contribution in [1.29, 1.82) is 0 Å². The Balaban J connectivity index is 2.08. The summed E-state index contributed by atoms with van der Waals surface area (Å²) in [4.78, 5) is 12.3. The number of anilines is 2. The molecule has 7 heteroatoms. The van der Waals surface area contributed by atoms with Crippen LogP contribution >= 0.6 is 11.3 Å². The highest BCUT2D eigenvalue weighted by Crippen LogP contribution is 2.25. The fourth-order valence-corrected chi connectivity index (χ4v) is 1.89. The van der Waals surface area contributed by atoms with Gasteiger partial charge in [-0.25, -0.2) is 9.97 Å². The van der Waals surface area contributed by atoms with Gasteiger partial charge in [-0.3, -0.25) is 0 Å². The van der Waals surface area contributed by atoms with E-state index >= 15 is 0 Å². The van der Waals surface area contributed by atoms with Crippen molar-refractivity contribution in [2.45, 2.75) is 26.5 Å². The van der Waals surface area contributed by atoms with E-state index in [0.717, 1.165) is 5.01 Å². The summed E-state index contributed by atoms with van der Waals surface area (Å²) >= 11 is 1.57. The van der Waals surface area contributed by atoms with Gasteiger partial charge >= 0.3 is 0 Å². The van der Waals surface area contributed by atoms with Gasteiger partial charge in [-0.1, -0.05) is 0 Å². The van der Waals surface area contributed by atoms with Gasteiger partial charge in [0.1, 0.15) is 17.0 Å². The van der Waals surface area contributed by atoms with Crippen LogP contribution in [-0.2, 0) is 6.54 Å². The van der Waals surface area contributed by atoms with Crippen LogP contribution in [0.2, 0.25) is 0 Å². The summed E-state index contributed by atoms with van der Waals surface area (Å²) in [5.41, 5.74) is 6.36. The minimum Gasteiger partial charge on any atom is -0.473 e. The first-order valence-electron chi connectivity index (χ1n) is 5.56. The molecule has 0 fully saturated rings. The van der Waals surface area contributed by atoms with Crippen LogP contribution in [0.5, 0.6) is 5.88 Å². The summed E-state index contributed by atoms with van der Waals surface area (Å²) < 4.78 is 5.49. The van der Waals surface area contributed by atoms with Crippen LogP contribution in [0.15, 0.2) is 17.9 Å². The second-order valence-corrected chi connectivity index (χ2v) is 4.87. The first kappa shape index (κ1) is 12.6. The number of nitrogens with zero attached hydrogens (tertiary/aromatic N) is 3. The average Bonchev–Trinajstić information content (AvgIpc) is 2.83. The molecule has 0 spiro atoms. The predicted molar refractivity (Wildman–Crippen MR) is 71.6 cm³/mol. The summed E-state index contributed by atoms with van der Waals surface area (Å²) in [5, 5.41) is 6.02. The molecule has 0 aliphatic rings. The van der Waals surface area contributed by atoms with Crippen LogP contribution in [0.4, 0.5) is 11.5 Å². The smallest absolute Gasteiger partial charge is 0.242 e. The number of nitrogens with one attached hydrogen (secondary N) is 1. The molecule has 0 atom stereocenters. The number of hydrogen-bond donors (Lipinski definition) is 2. The average molecular weight is 265 g/mol. The zero-order valence-corrected chi connectivity index (χ0v) is 11.1. The molecule has 0 saturated heterocycles. The molecule has 0 bridgehead atoms. The second kappa shape index (κ2) is 5.63. The number of nitrogens with two attached hydrogens (primary N) is 1. The van der Waals surface area contributed by atoms with Gasteiger partial charge in [0.15, 0.2) is 5.82 Å². The number of ether oxygens (including phenoxy) is 1. The predicted octanol–water partition coefficient (Wildman–Crippen LogP) is 1.91. The summed E-state index contributed by atoms with van der Waals surface area (Å²) in [7, 11) is 0. The Kier molecular flexibility index (Phi) is 3.93. The maximum absolute atomic E-state index is 5.94. The third kappa shape index (κ3) is 3.07. The molecule has 6 nitrogen and oxygen atoms in total. The zero-order valence-electron chi connectivity index (χ0n) is 10.3. The molecule has 96 valence electrons. The van der Waals surface area contributed by atoms with Crippen LogP contribution in [0.1, 0.15) is 18.9 Å². The lowest BCUT2D eigenvalue weighted by Gasteiger charge is -2.13. The molecule has 0 radical (unpaired) electrons. The highest BCUT2D eigenvalue weighted by molar-refractivity contribution is 7.09. The molecule has 2 aromatic rings. The van der Waals surface area contributed by atoms with Crippen molar-refractivity contribution in [2.24, 2.45) is 0 Å². The third-order valence-corrected chi connectivity index (χ3v) is 2.86. The second-order valence-electron chi connectivity index (χ2n) is 3.89. The van der Waals surface area contributed by atoms with Gasteiger partial charge in [0.05, 0.1) is 12.6 Å². The lowest BCUT2D eigenvalue weighted by molar-refractivity contribution is 0.234. The van der Waals surface area contributed by atoms with Crippen molar-refractivity contribution < 1.29 is 4.74 Å². The molecule has 18 heavy (non-hydrogen) atoms. The van der Waals surface area contributed by atoms with E-state index in [-0.39, 0.29) is 6.10 Å². The van der Waals surface area contributed by atoms with E-state index in [1.54, 1.807) is 17.5 Å². The minimum absolute atomic E-state index is 0.0222. The minimum atomic E-state index is 0.0222. The number of nitrogen functional groups attached to an aromatic ring is 1. The maximum Gasteiger partial charge on any atom is 0.242 e. The first-order chi connectivity index (χ1) is 8.66. The summed E-state index contributed by atoms with van der Waals surface area (Å²) in [5.74, 6) is 0.970.